The van der Waals surface area contributed by atoms with E-state index in [-0.39, 0.29) is 0 Å². The number of nitrogens with two attached hydrogens (primary N) is 1. The molecule has 0 radical (unpaired) electrons. The third-order valence-electron chi connectivity index (χ3n) is 2.81. The van der Waals surface area contributed by atoms with Crippen molar-refractivity contribution in [2.24, 2.45) is 5.73 Å². The van der Waals surface area contributed by atoms with E-state index < -0.39 is 5.82 Å². The molecule has 0 fully saturated rings. The van der Waals surface area contributed by atoms with Crippen molar-refractivity contribution in [2.45, 2.75) is 6.42 Å². The van der Waals surface area contributed by atoms with E-state index in [0.717, 1.165) is 24.5 Å². The molecule has 0 saturated heterocycles. The summed E-state index contributed by atoms with van der Waals surface area (Å²) in [7, 11) is 1.60. The summed E-state index contributed by atoms with van der Waals surface area (Å²) in [5.74, 6) is 0.661. The van der Waals surface area contributed by atoms with Crippen LogP contribution in [0.25, 0.3) is 0 Å². The highest BCUT2D eigenvalue weighted by Gasteiger charge is 2.15. The minimum Gasteiger partial charge on any atom is -0.495 e. The van der Waals surface area contributed by atoms with E-state index in [2.05, 4.69) is 9.97 Å². The quantitative estimate of drug-likeness (QED) is 0.875. The van der Waals surface area contributed by atoms with Crippen molar-refractivity contribution < 1.29 is 9.13 Å². The van der Waals surface area contributed by atoms with Gasteiger partial charge in [-0.15, -0.1) is 0 Å². The number of benzene rings is 1. The van der Waals surface area contributed by atoms with Crippen LogP contribution in [0.1, 0.15) is 6.42 Å². The Morgan fingerprint density at radius 2 is 1.95 bits per heavy atom. The number of ether oxygens (including phenoxy) is 1. The fraction of sp³-hybridized carbons (Fsp3) is 0.286. The molecule has 6 heteroatoms. The molecule has 0 atom stereocenters. The number of methoxy groups -OCH3 is 1. The van der Waals surface area contributed by atoms with Crippen molar-refractivity contribution in [2.75, 3.05) is 25.1 Å². The Kier molecular flexibility index (Phi) is 4.84. The molecule has 1 aromatic carbocycles. The van der Waals surface area contributed by atoms with E-state index in [4.69, 9.17) is 10.5 Å². The Morgan fingerprint density at radius 3 is 2.60 bits per heavy atom. The summed E-state index contributed by atoms with van der Waals surface area (Å²) in [6.07, 6.45) is 3.05. The van der Waals surface area contributed by atoms with Gasteiger partial charge in [0.25, 0.3) is 0 Å². The molecule has 0 bridgehead atoms. The third-order valence-corrected chi connectivity index (χ3v) is 2.81. The molecule has 5 nitrogen and oxygen atoms in total. The first-order valence-corrected chi connectivity index (χ1v) is 6.34. The van der Waals surface area contributed by atoms with Crippen LogP contribution < -0.4 is 15.4 Å². The van der Waals surface area contributed by atoms with Crippen molar-refractivity contribution in [1.29, 1.82) is 0 Å². The number of aromatic nitrogens is 2. The lowest BCUT2D eigenvalue weighted by Crippen LogP contribution is -2.23. The standard InChI is InChI=1S/C14H17FN4O/c1-20-13-6-3-2-5-12(13)19(8-4-7-16)14-17-9-11(15)10-18-14/h2-3,5-6,9-10H,4,7-8,16H2,1H3. The molecule has 0 aliphatic rings. The average molecular weight is 276 g/mol. The maximum Gasteiger partial charge on any atom is 0.230 e. The predicted molar refractivity (Wildman–Crippen MR) is 75.7 cm³/mol. The van der Waals surface area contributed by atoms with Crippen LogP contribution in [0.4, 0.5) is 16.0 Å². The predicted octanol–water partition coefficient (Wildman–Crippen LogP) is 2.11. The number of para-hydroxylation sites is 2. The number of hydrogen-bond donors (Lipinski definition) is 1. The second kappa shape index (κ2) is 6.81. The first kappa shape index (κ1) is 14.2. The second-order valence-electron chi connectivity index (χ2n) is 4.17. The average Bonchev–Trinajstić information content (AvgIpc) is 2.50. The Labute approximate surface area is 117 Å². The highest BCUT2D eigenvalue weighted by molar-refractivity contribution is 5.65. The first-order valence-electron chi connectivity index (χ1n) is 6.34. The van der Waals surface area contributed by atoms with Gasteiger partial charge < -0.3 is 15.4 Å². The fourth-order valence-corrected chi connectivity index (χ4v) is 1.88. The highest BCUT2D eigenvalue weighted by atomic mass is 19.1. The first-order chi connectivity index (χ1) is 9.76. The van der Waals surface area contributed by atoms with Gasteiger partial charge in [-0.3, -0.25) is 0 Å². The summed E-state index contributed by atoms with van der Waals surface area (Å²) >= 11 is 0. The van der Waals surface area contributed by atoms with Gasteiger partial charge in [-0.1, -0.05) is 12.1 Å². The van der Waals surface area contributed by atoms with Crippen LogP contribution in [0, 0.1) is 5.82 Å². The van der Waals surface area contributed by atoms with Crippen molar-refractivity contribution in [1.82, 2.24) is 9.97 Å². The summed E-state index contributed by atoms with van der Waals surface area (Å²) in [5, 5.41) is 0. The van der Waals surface area contributed by atoms with E-state index in [0.29, 0.717) is 24.8 Å². The Morgan fingerprint density at radius 1 is 1.25 bits per heavy atom. The van der Waals surface area contributed by atoms with Crippen molar-refractivity contribution in [3.05, 3.63) is 42.5 Å². The lowest BCUT2D eigenvalue weighted by molar-refractivity contribution is 0.415. The molecule has 2 aromatic rings. The molecule has 2 rings (SSSR count). The molecular weight excluding hydrogens is 259 g/mol. The Hall–Kier alpha value is -2.21. The normalized spacial score (nSPS) is 10.3. The molecule has 2 N–H and O–H groups in total. The van der Waals surface area contributed by atoms with Gasteiger partial charge in [0.2, 0.25) is 5.95 Å². The molecule has 0 amide bonds. The van der Waals surface area contributed by atoms with Crippen molar-refractivity contribution in [3.63, 3.8) is 0 Å². The molecule has 0 aliphatic carbocycles. The molecule has 20 heavy (non-hydrogen) atoms. The van der Waals surface area contributed by atoms with Crippen LogP contribution in [-0.4, -0.2) is 30.2 Å². The van der Waals surface area contributed by atoms with Gasteiger partial charge in [0, 0.05) is 6.54 Å². The largest absolute Gasteiger partial charge is 0.495 e. The Balaban J connectivity index is 2.38. The van der Waals surface area contributed by atoms with Crippen LogP contribution in [0.2, 0.25) is 0 Å². The summed E-state index contributed by atoms with van der Waals surface area (Å²) in [6.45, 7) is 1.18. The monoisotopic (exact) mass is 276 g/mol. The summed E-state index contributed by atoms with van der Waals surface area (Å²) in [5.41, 5.74) is 6.40. The topological polar surface area (TPSA) is 64.3 Å². The van der Waals surface area contributed by atoms with Gasteiger partial charge in [-0.25, -0.2) is 14.4 Å². The second-order valence-corrected chi connectivity index (χ2v) is 4.17. The van der Waals surface area contributed by atoms with Crippen LogP contribution >= 0.6 is 0 Å². The molecule has 0 aliphatic heterocycles. The minimum absolute atomic E-state index is 0.421. The van der Waals surface area contributed by atoms with Crippen LogP contribution in [0.5, 0.6) is 5.75 Å². The summed E-state index contributed by atoms with van der Waals surface area (Å²) in [6, 6.07) is 7.54. The smallest absolute Gasteiger partial charge is 0.230 e. The molecule has 0 unspecified atom stereocenters. The molecule has 1 aromatic heterocycles. The van der Waals surface area contributed by atoms with Gasteiger partial charge in [0.1, 0.15) is 5.75 Å². The fourth-order valence-electron chi connectivity index (χ4n) is 1.88. The van der Waals surface area contributed by atoms with Crippen LogP contribution in [0.15, 0.2) is 36.7 Å². The minimum atomic E-state index is -0.465. The SMILES string of the molecule is COc1ccccc1N(CCCN)c1ncc(F)cn1. The molecule has 1 heterocycles. The van der Waals surface area contributed by atoms with E-state index in [1.54, 1.807) is 7.11 Å². The molecule has 106 valence electrons. The maximum atomic E-state index is 13.0. The van der Waals surface area contributed by atoms with Crippen molar-refractivity contribution in [3.8, 4) is 5.75 Å². The van der Waals surface area contributed by atoms with E-state index in [1.165, 1.54) is 0 Å². The lowest BCUT2D eigenvalue weighted by Gasteiger charge is -2.24. The zero-order chi connectivity index (χ0) is 14.4. The van der Waals surface area contributed by atoms with Crippen LogP contribution in [-0.2, 0) is 0 Å². The van der Waals surface area contributed by atoms with E-state index in [1.807, 2.05) is 29.2 Å². The van der Waals surface area contributed by atoms with Gasteiger partial charge in [0.05, 0.1) is 25.2 Å². The summed E-state index contributed by atoms with van der Waals surface area (Å²) in [4.78, 5) is 9.92. The summed E-state index contributed by atoms with van der Waals surface area (Å²) < 4.78 is 18.3. The van der Waals surface area contributed by atoms with E-state index >= 15 is 0 Å². The number of hydrogen-bond acceptors (Lipinski definition) is 5. The number of nitrogens with zero attached hydrogens (tertiary/aromatic N) is 3. The van der Waals surface area contributed by atoms with Gasteiger partial charge in [0.15, 0.2) is 5.82 Å². The number of halogens is 1. The third kappa shape index (κ3) is 3.21. The van der Waals surface area contributed by atoms with Gasteiger partial charge in [-0.2, -0.15) is 0 Å². The molecular formula is C14H17FN4O. The molecule has 0 saturated carbocycles. The number of anilines is 2. The van der Waals surface area contributed by atoms with Crippen molar-refractivity contribution >= 4 is 11.6 Å². The zero-order valence-corrected chi connectivity index (χ0v) is 11.3. The van der Waals surface area contributed by atoms with Crippen LogP contribution in [0.3, 0.4) is 0 Å². The Bertz CT molecular complexity index is 547. The maximum absolute atomic E-state index is 13.0. The van der Waals surface area contributed by atoms with Gasteiger partial charge in [-0.05, 0) is 25.1 Å². The molecule has 0 spiro atoms. The lowest BCUT2D eigenvalue weighted by atomic mass is 10.2. The van der Waals surface area contributed by atoms with Gasteiger partial charge >= 0.3 is 0 Å². The van der Waals surface area contributed by atoms with E-state index in [9.17, 15) is 4.39 Å². The highest BCUT2D eigenvalue weighted by Crippen LogP contribution is 2.31. The number of rotatable bonds is 6. The zero-order valence-electron chi connectivity index (χ0n) is 11.3.